The number of rotatable bonds is 5. The van der Waals surface area contributed by atoms with E-state index in [1.807, 2.05) is 6.92 Å². The van der Waals surface area contributed by atoms with E-state index in [2.05, 4.69) is 12.7 Å². The normalized spacial score (nSPS) is 11.3. The number of carbonyl (C=O) groups excluding carboxylic acids is 1. The third-order valence-electron chi connectivity index (χ3n) is 1.73. The lowest BCUT2D eigenvalue weighted by molar-refractivity contribution is -0.325. The van der Waals surface area contributed by atoms with E-state index in [-0.39, 0.29) is 5.92 Å². The first-order chi connectivity index (χ1) is 5.72. The van der Waals surface area contributed by atoms with Crippen LogP contribution in [0, 0.1) is 5.92 Å². The highest BCUT2D eigenvalue weighted by Crippen LogP contribution is 2.10. The fourth-order valence-corrected chi connectivity index (χ4v) is 0.939. The molecule has 0 fully saturated rings. The first-order valence-electron chi connectivity index (χ1n) is 4.63. The molecule has 1 unspecified atom stereocenters. The molecule has 0 bridgehead atoms. The highest BCUT2D eigenvalue weighted by atomic mass is 16.4. The smallest absolute Gasteiger partial charge is 0.0634 e. The predicted molar refractivity (Wildman–Crippen MR) is 47.1 cm³/mol. The van der Waals surface area contributed by atoms with Gasteiger partial charge in [0.15, 0.2) is 0 Å². The van der Waals surface area contributed by atoms with Gasteiger partial charge in [-0.05, 0) is 18.8 Å². The van der Waals surface area contributed by atoms with Gasteiger partial charge in [0, 0.05) is 5.97 Å². The summed E-state index contributed by atoms with van der Waals surface area (Å²) >= 11 is 0. The maximum Gasteiger partial charge on any atom is 0.0634 e. The molecule has 0 amide bonds. The molecule has 0 aliphatic heterocycles. The number of hydrogen-bond donors (Lipinski definition) is 1. The summed E-state index contributed by atoms with van der Waals surface area (Å²) in [4.78, 5) is 10.3. The van der Waals surface area contributed by atoms with Crippen molar-refractivity contribution in [3.05, 3.63) is 0 Å². The molecule has 1 atom stereocenters. The molecule has 0 aromatic heterocycles. The maximum absolute atomic E-state index is 10.3. The van der Waals surface area contributed by atoms with Gasteiger partial charge >= 0.3 is 0 Å². The molecular weight excluding hydrogens is 154 g/mol. The van der Waals surface area contributed by atoms with Crippen LogP contribution in [0.3, 0.4) is 0 Å². The molecule has 0 spiro atoms. The van der Waals surface area contributed by atoms with Crippen molar-refractivity contribution in [2.75, 3.05) is 7.05 Å². The third-order valence-corrected chi connectivity index (χ3v) is 1.73. The minimum Gasteiger partial charge on any atom is -0.550 e. The molecule has 0 aliphatic rings. The van der Waals surface area contributed by atoms with Crippen LogP contribution in [0.4, 0.5) is 0 Å². The Morgan fingerprint density at radius 3 is 2.17 bits per heavy atom. The number of quaternary nitrogens is 1. The van der Waals surface area contributed by atoms with Crippen LogP contribution in [-0.2, 0) is 4.79 Å². The van der Waals surface area contributed by atoms with Crippen LogP contribution in [0.15, 0.2) is 0 Å². The Balaban J connectivity index is 0. The highest BCUT2D eigenvalue weighted by Gasteiger charge is 2.04. The zero-order valence-electron chi connectivity index (χ0n) is 8.43. The number of carboxylic acids is 1. The van der Waals surface area contributed by atoms with Gasteiger partial charge in [0.2, 0.25) is 0 Å². The monoisotopic (exact) mass is 175 g/mol. The molecule has 3 N–H and O–H groups in total. The van der Waals surface area contributed by atoms with Crippen LogP contribution in [0.5, 0.6) is 0 Å². The summed E-state index contributed by atoms with van der Waals surface area (Å²) in [7, 11) is 1.75. The predicted octanol–water partition coefficient (Wildman–Crippen LogP) is -0.189. The Bertz CT molecular complexity index is 105. The average Bonchev–Trinajstić information content (AvgIpc) is 2.09. The number of aliphatic carboxylic acids is 1. The largest absolute Gasteiger partial charge is 0.550 e. The van der Waals surface area contributed by atoms with Crippen molar-refractivity contribution in [2.24, 2.45) is 5.92 Å². The van der Waals surface area contributed by atoms with E-state index in [1.54, 1.807) is 7.05 Å². The number of carboxylic acid groups (broad SMARTS) is 1. The van der Waals surface area contributed by atoms with Gasteiger partial charge in [-0.3, -0.25) is 0 Å². The molecule has 12 heavy (non-hydrogen) atoms. The van der Waals surface area contributed by atoms with Crippen molar-refractivity contribution >= 4 is 5.97 Å². The van der Waals surface area contributed by atoms with Crippen molar-refractivity contribution < 1.29 is 15.6 Å². The number of unbranched alkanes of at least 4 members (excludes halogenated alkanes) is 1. The standard InChI is InChI=1S/C8H16O2.CH5N/c1-3-5-6-7(4-2)8(9)10;1-2/h7H,3-6H2,1-2H3,(H,9,10);2H2,1H3. The lowest BCUT2D eigenvalue weighted by atomic mass is 10.00. The van der Waals surface area contributed by atoms with Crippen molar-refractivity contribution in [1.82, 2.24) is 0 Å². The molecule has 0 rings (SSSR count). The Morgan fingerprint density at radius 2 is 1.92 bits per heavy atom. The van der Waals surface area contributed by atoms with Gasteiger partial charge in [0.1, 0.15) is 0 Å². The fourth-order valence-electron chi connectivity index (χ4n) is 0.939. The number of hydrogen-bond acceptors (Lipinski definition) is 2. The second-order valence-corrected chi connectivity index (χ2v) is 2.57. The van der Waals surface area contributed by atoms with Crippen LogP contribution >= 0.6 is 0 Å². The first kappa shape index (κ1) is 14.0. The maximum atomic E-state index is 10.3. The quantitative estimate of drug-likeness (QED) is 0.629. The average molecular weight is 175 g/mol. The summed E-state index contributed by atoms with van der Waals surface area (Å²) < 4.78 is 0. The van der Waals surface area contributed by atoms with E-state index in [9.17, 15) is 9.90 Å². The first-order valence-corrected chi connectivity index (χ1v) is 4.63. The van der Waals surface area contributed by atoms with Crippen LogP contribution in [0.25, 0.3) is 0 Å². The molecular formula is C9H21NO2. The minimum atomic E-state index is -0.893. The van der Waals surface area contributed by atoms with Crippen LogP contribution < -0.4 is 10.8 Å². The Morgan fingerprint density at radius 1 is 1.42 bits per heavy atom. The van der Waals surface area contributed by atoms with Crippen molar-refractivity contribution in [1.29, 1.82) is 0 Å². The lowest BCUT2D eigenvalue weighted by Crippen LogP contribution is -2.40. The molecule has 0 aliphatic carbocycles. The van der Waals surface area contributed by atoms with E-state index in [1.165, 1.54) is 0 Å². The van der Waals surface area contributed by atoms with Crippen molar-refractivity contribution in [2.45, 2.75) is 39.5 Å². The molecule has 3 heteroatoms. The van der Waals surface area contributed by atoms with Gasteiger partial charge in [0.25, 0.3) is 0 Å². The van der Waals surface area contributed by atoms with Crippen LogP contribution in [0.2, 0.25) is 0 Å². The minimum absolute atomic E-state index is 0.222. The number of carbonyl (C=O) groups is 1. The molecule has 74 valence electrons. The third kappa shape index (κ3) is 7.54. The summed E-state index contributed by atoms with van der Waals surface area (Å²) in [5, 5.41) is 10.3. The van der Waals surface area contributed by atoms with Gasteiger partial charge in [-0.25, -0.2) is 0 Å². The van der Waals surface area contributed by atoms with Gasteiger partial charge < -0.3 is 15.6 Å². The molecule has 0 aromatic carbocycles. The molecule has 0 saturated heterocycles. The van der Waals surface area contributed by atoms with E-state index in [0.29, 0.717) is 6.42 Å². The lowest BCUT2D eigenvalue weighted by Gasteiger charge is -2.14. The second kappa shape index (κ2) is 10.4. The van der Waals surface area contributed by atoms with E-state index < -0.39 is 5.97 Å². The van der Waals surface area contributed by atoms with Crippen LogP contribution in [0.1, 0.15) is 39.5 Å². The van der Waals surface area contributed by atoms with Crippen molar-refractivity contribution in [3.63, 3.8) is 0 Å². The summed E-state index contributed by atoms with van der Waals surface area (Å²) in [6, 6.07) is 0. The zero-order chi connectivity index (χ0) is 9.98. The Labute approximate surface area is 75.0 Å². The van der Waals surface area contributed by atoms with Crippen LogP contribution in [-0.4, -0.2) is 13.0 Å². The fraction of sp³-hybridized carbons (Fsp3) is 0.889. The van der Waals surface area contributed by atoms with Gasteiger partial charge in [0.05, 0.1) is 7.05 Å². The summed E-state index contributed by atoms with van der Waals surface area (Å²) in [5.41, 5.74) is 3.25. The molecule has 0 heterocycles. The molecule has 0 saturated carbocycles. The summed E-state index contributed by atoms with van der Waals surface area (Å²) in [6.45, 7) is 3.94. The van der Waals surface area contributed by atoms with E-state index in [4.69, 9.17) is 0 Å². The molecule has 0 aromatic rings. The highest BCUT2D eigenvalue weighted by molar-refractivity contribution is 5.67. The van der Waals surface area contributed by atoms with Crippen molar-refractivity contribution in [3.8, 4) is 0 Å². The molecule has 3 nitrogen and oxygen atoms in total. The second-order valence-electron chi connectivity index (χ2n) is 2.57. The SMILES string of the molecule is CCCCC(CC)C(=O)[O-].C[NH3+]. The van der Waals surface area contributed by atoms with Gasteiger partial charge in [-0.1, -0.05) is 26.7 Å². The van der Waals surface area contributed by atoms with E-state index in [0.717, 1.165) is 19.3 Å². The topological polar surface area (TPSA) is 67.8 Å². The van der Waals surface area contributed by atoms with Gasteiger partial charge in [-0.15, -0.1) is 0 Å². The Kier molecular flexibility index (Phi) is 12.2. The summed E-state index contributed by atoms with van der Waals surface area (Å²) in [6.07, 6.45) is 3.52. The summed E-state index contributed by atoms with van der Waals surface area (Å²) in [5.74, 6) is -1.11. The Hall–Kier alpha value is -0.570. The molecule has 0 radical (unpaired) electrons. The van der Waals surface area contributed by atoms with E-state index >= 15 is 0 Å². The van der Waals surface area contributed by atoms with Gasteiger partial charge in [-0.2, -0.15) is 0 Å². The zero-order valence-corrected chi connectivity index (χ0v) is 8.43.